The molecule has 18 heavy (non-hydrogen) atoms. The second-order valence-electron chi connectivity index (χ2n) is 3.71. The number of ketones is 1. The Morgan fingerprint density at radius 2 is 2.17 bits per heavy atom. The lowest BCUT2D eigenvalue weighted by molar-refractivity contribution is -0.384. The molecule has 0 saturated heterocycles. The third-order valence-electron chi connectivity index (χ3n) is 2.48. The van der Waals surface area contributed by atoms with Crippen LogP contribution in [0.3, 0.4) is 0 Å². The highest BCUT2D eigenvalue weighted by molar-refractivity contribution is 6.17. The second-order valence-corrected chi connectivity index (χ2v) is 4.09. The molecular weight excluding hydrogens is 258 g/mol. The van der Waals surface area contributed by atoms with Crippen LogP contribution >= 0.6 is 11.6 Å². The van der Waals surface area contributed by atoms with Crippen molar-refractivity contribution in [1.29, 1.82) is 0 Å². The predicted octanol–water partition coefficient (Wildman–Crippen LogP) is 3.20. The number of hydrogen-bond acceptors (Lipinski definition) is 4. The Morgan fingerprint density at radius 3 is 2.72 bits per heavy atom. The number of alkyl halides is 1. The number of rotatable bonds is 7. The number of benzene rings is 1. The van der Waals surface area contributed by atoms with E-state index in [2.05, 4.69) is 0 Å². The van der Waals surface area contributed by atoms with Crippen molar-refractivity contribution >= 4 is 23.1 Å². The summed E-state index contributed by atoms with van der Waals surface area (Å²) in [6.45, 7) is 0. The number of ether oxygens (including phenoxy) is 1. The van der Waals surface area contributed by atoms with E-state index < -0.39 is 4.92 Å². The standard InChI is InChI=1S/C12H14ClNO4/c1-18-12-6-5-9(14(16)17)8-10(12)11(15)4-2-3-7-13/h5-6,8H,2-4,7H2,1H3. The van der Waals surface area contributed by atoms with Gasteiger partial charge in [-0.25, -0.2) is 0 Å². The zero-order valence-electron chi connectivity index (χ0n) is 10.0. The normalized spacial score (nSPS) is 10.1. The maximum atomic E-state index is 11.9. The predicted molar refractivity (Wildman–Crippen MR) is 68.5 cm³/mol. The molecule has 0 N–H and O–H groups in total. The summed E-state index contributed by atoms with van der Waals surface area (Å²) in [5.74, 6) is 0.691. The molecule has 0 bridgehead atoms. The van der Waals surface area contributed by atoms with E-state index in [1.54, 1.807) is 0 Å². The van der Waals surface area contributed by atoms with E-state index in [1.807, 2.05) is 0 Å². The highest BCUT2D eigenvalue weighted by atomic mass is 35.5. The Labute approximate surface area is 110 Å². The van der Waals surface area contributed by atoms with Crippen molar-refractivity contribution in [1.82, 2.24) is 0 Å². The summed E-state index contributed by atoms with van der Waals surface area (Å²) in [5.41, 5.74) is 0.137. The summed E-state index contributed by atoms with van der Waals surface area (Å²) in [7, 11) is 1.43. The number of hydrogen-bond donors (Lipinski definition) is 0. The monoisotopic (exact) mass is 271 g/mol. The van der Waals surface area contributed by atoms with Crippen LogP contribution in [0.1, 0.15) is 29.6 Å². The molecule has 5 nitrogen and oxygen atoms in total. The fourth-order valence-electron chi connectivity index (χ4n) is 1.54. The molecule has 0 atom stereocenters. The highest BCUT2D eigenvalue weighted by Gasteiger charge is 2.16. The van der Waals surface area contributed by atoms with Gasteiger partial charge >= 0.3 is 0 Å². The van der Waals surface area contributed by atoms with Crippen molar-refractivity contribution < 1.29 is 14.5 Å². The first-order chi connectivity index (χ1) is 8.60. The first kappa shape index (κ1) is 14.4. The van der Waals surface area contributed by atoms with Gasteiger partial charge in [0.1, 0.15) is 5.75 Å². The minimum absolute atomic E-state index is 0.114. The van der Waals surface area contributed by atoms with Gasteiger partial charge in [-0.2, -0.15) is 0 Å². The Bertz CT molecular complexity index is 448. The van der Waals surface area contributed by atoms with Crippen LogP contribution in [-0.2, 0) is 0 Å². The molecule has 6 heteroatoms. The molecule has 0 aliphatic heterocycles. The minimum atomic E-state index is -0.533. The zero-order chi connectivity index (χ0) is 13.5. The summed E-state index contributed by atoms with van der Waals surface area (Å²) >= 11 is 5.53. The van der Waals surface area contributed by atoms with Gasteiger partial charge in [-0.3, -0.25) is 14.9 Å². The molecule has 0 aromatic heterocycles. The molecule has 1 rings (SSSR count). The van der Waals surface area contributed by atoms with E-state index >= 15 is 0 Å². The Morgan fingerprint density at radius 1 is 1.44 bits per heavy atom. The average molecular weight is 272 g/mol. The zero-order valence-corrected chi connectivity index (χ0v) is 10.8. The van der Waals surface area contributed by atoms with E-state index in [1.165, 1.54) is 25.3 Å². The minimum Gasteiger partial charge on any atom is -0.496 e. The number of nitro groups is 1. The van der Waals surface area contributed by atoms with Gasteiger partial charge in [0.2, 0.25) is 0 Å². The fourth-order valence-corrected chi connectivity index (χ4v) is 1.73. The first-order valence-corrected chi connectivity index (χ1v) is 6.05. The second kappa shape index (κ2) is 6.96. The van der Waals surface area contributed by atoms with E-state index in [9.17, 15) is 14.9 Å². The number of non-ortho nitro benzene ring substituents is 1. The molecule has 0 saturated carbocycles. The van der Waals surface area contributed by atoms with Crippen LogP contribution in [0, 0.1) is 10.1 Å². The number of Topliss-reactive ketones (excluding diaryl/α,β-unsaturated/α-hetero) is 1. The van der Waals surface area contributed by atoms with Crippen LogP contribution in [0.5, 0.6) is 5.75 Å². The van der Waals surface area contributed by atoms with Gasteiger partial charge in [0, 0.05) is 24.4 Å². The smallest absolute Gasteiger partial charge is 0.270 e. The maximum absolute atomic E-state index is 11.9. The van der Waals surface area contributed by atoms with Gasteiger partial charge in [0.25, 0.3) is 5.69 Å². The van der Waals surface area contributed by atoms with Crippen molar-refractivity contribution in [3.63, 3.8) is 0 Å². The Hall–Kier alpha value is -1.62. The van der Waals surface area contributed by atoms with Gasteiger partial charge < -0.3 is 4.74 Å². The summed E-state index contributed by atoms with van der Waals surface area (Å²) in [4.78, 5) is 22.1. The number of halogens is 1. The van der Waals surface area contributed by atoms with E-state index in [0.29, 0.717) is 24.5 Å². The van der Waals surface area contributed by atoms with Crippen LogP contribution in [0.2, 0.25) is 0 Å². The van der Waals surface area contributed by atoms with Crippen molar-refractivity contribution in [2.45, 2.75) is 19.3 Å². The lowest BCUT2D eigenvalue weighted by Gasteiger charge is -2.07. The van der Waals surface area contributed by atoms with E-state index in [-0.39, 0.29) is 17.0 Å². The molecular formula is C12H14ClNO4. The quantitative estimate of drug-likeness (QED) is 0.251. The molecule has 0 aliphatic carbocycles. The van der Waals surface area contributed by atoms with Gasteiger partial charge in [-0.15, -0.1) is 11.6 Å². The molecule has 0 amide bonds. The molecule has 0 radical (unpaired) electrons. The van der Waals surface area contributed by atoms with Gasteiger partial charge in [-0.1, -0.05) is 0 Å². The Kier molecular flexibility index (Phi) is 5.58. The largest absolute Gasteiger partial charge is 0.496 e. The fraction of sp³-hybridized carbons (Fsp3) is 0.417. The van der Waals surface area contributed by atoms with Crippen LogP contribution < -0.4 is 4.74 Å². The number of unbranched alkanes of at least 4 members (excludes halogenated alkanes) is 1. The van der Waals surface area contributed by atoms with Crippen LogP contribution in [0.15, 0.2) is 18.2 Å². The molecule has 1 aromatic carbocycles. The molecule has 0 spiro atoms. The topological polar surface area (TPSA) is 69.4 Å². The molecule has 0 aliphatic rings. The molecule has 0 fully saturated rings. The number of nitrogens with zero attached hydrogens (tertiary/aromatic N) is 1. The summed E-state index contributed by atoms with van der Waals surface area (Å²) in [6, 6.07) is 4.00. The maximum Gasteiger partial charge on any atom is 0.270 e. The highest BCUT2D eigenvalue weighted by Crippen LogP contribution is 2.25. The SMILES string of the molecule is COc1ccc([N+](=O)[O-])cc1C(=O)CCCCCl. The number of carbonyl (C=O) groups excluding carboxylic acids is 1. The lowest BCUT2D eigenvalue weighted by Crippen LogP contribution is -2.03. The van der Waals surface area contributed by atoms with Crippen LogP contribution in [0.25, 0.3) is 0 Å². The number of carbonyl (C=O) groups is 1. The number of methoxy groups -OCH3 is 1. The van der Waals surface area contributed by atoms with Crippen LogP contribution in [-0.4, -0.2) is 23.7 Å². The van der Waals surface area contributed by atoms with Crippen molar-refractivity contribution in [2.24, 2.45) is 0 Å². The summed E-state index contributed by atoms with van der Waals surface area (Å²) in [6.07, 6.45) is 1.71. The third-order valence-corrected chi connectivity index (χ3v) is 2.75. The van der Waals surface area contributed by atoms with Crippen molar-refractivity contribution in [2.75, 3.05) is 13.0 Å². The van der Waals surface area contributed by atoms with Gasteiger partial charge in [0.05, 0.1) is 17.6 Å². The lowest BCUT2D eigenvalue weighted by atomic mass is 10.0. The third kappa shape index (κ3) is 3.70. The summed E-state index contributed by atoms with van der Waals surface area (Å²) in [5, 5.41) is 10.7. The van der Waals surface area contributed by atoms with Crippen molar-refractivity contribution in [3.05, 3.63) is 33.9 Å². The summed E-state index contributed by atoms with van der Waals surface area (Å²) < 4.78 is 5.04. The van der Waals surface area contributed by atoms with E-state index in [4.69, 9.17) is 16.3 Å². The molecule has 98 valence electrons. The van der Waals surface area contributed by atoms with Crippen molar-refractivity contribution in [3.8, 4) is 5.75 Å². The number of nitro benzene ring substituents is 1. The molecule has 0 heterocycles. The van der Waals surface area contributed by atoms with Gasteiger partial charge in [0.15, 0.2) is 5.78 Å². The van der Waals surface area contributed by atoms with Gasteiger partial charge in [-0.05, 0) is 18.9 Å². The van der Waals surface area contributed by atoms with E-state index in [0.717, 1.165) is 6.42 Å². The average Bonchev–Trinajstić information content (AvgIpc) is 2.38. The van der Waals surface area contributed by atoms with Crippen LogP contribution in [0.4, 0.5) is 5.69 Å². The first-order valence-electron chi connectivity index (χ1n) is 5.51. The molecule has 0 unspecified atom stereocenters. The molecule has 1 aromatic rings. The Balaban J connectivity index is 2.93.